The first-order chi connectivity index (χ1) is 3.63. The molecule has 0 rings (SSSR count). The molecule has 0 heterocycles. The van der Waals surface area contributed by atoms with Crippen LogP contribution in [0.5, 0.6) is 0 Å². The molecule has 1 radical (unpaired) electrons. The second-order valence-electron chi connectivity index (χ2n) is 2.11. The standard InChI is InChI=1S/C7H12Cl/c1-6(2)4-5-7(3)8/h4,7H,3,5H2,1-2H3. The summed E-state index contributed by atoms with van der Waals surface area (Å²) in [5, 5.41) is 0.0323. The van der Waals surface area contributed by atoms with Crippen molar-refractivity contribution in [3.8, 4) is 0 Å². The van der Waals surface area contributed by atoms with Crippen molar-refractivity contribution in [2.24, 2.45) is 0 Å². The molecular weight excluding hydrogens is 120 g/mol. The van der Waals surface area contributed by atoms with Gasteiger partial charge in [-0.25, -0.2) is 0 Å². The first-order valence-electron chi connectivity index (χ1n) is 2.73. The first kappa shape index (κ1) is 8.03. The number of hydrogen-bond donors (Lipinski definition) is 0. The fourth-order valence-corrected chi connectivity index (χ4v) is 0.453. The number of alkyl halides is 1. The van der Waals surface area contributed by atoms with Crippen LogP contribution in [-0.4, -0.2) is 5.38 Å². The van der Waals surface area contributed by atoms with Crippen LogP contribution < -0.4 is 0 Å². The van der Waals surface area contributed by atoms with E-state index in [1.54, 1.807) is 0 Å². The SMILES string of the molecule is [CH2]C(Cl)CC=C(C)C. The smallest absolute Gasteiger partial charge is 0.0371 e. The van der Waals surface area contributed by atoms with Gasteiger partial charge in [-0.3, -0.25) is 0 Å². The van der Waals surface area contributed by atoms with E-state index in [1.807, 2.05) is 0 Å². The minimum Gasteiger partial charge on any atom is -0.123 e. The number of allylic oxidation sites excluding steroid dienone is 2. The highest BCUT2D eigenvalue weighted by Crippen LogP contribution is 2.02. The van der Waals surface area contributed by atoms with Crippen LogP contribution in [-0.2, 0) is 0 Å². The van der Waals surface area contributed by atoms with Crippen molar-refractivity contribution in [3.63, 3.8) is 0 Å². The third-order valence-electron chi connectivity index (χ3n) is 0.782. The van der Waals surface area contributed by atoms with Crippen molar-refractivity contribution in [2.45, 2.75) is 25.6 Å². The Morgan fingerprint density at radius 3 is 2.38 bits per heavy atom. The second kappa shape index (κ2) is 3.96. The minimum atomic E-state index is 0.0323. The molecule has 0 bridgehead atoms. The lowest BCUT2D eigenvalue weighted by Crippen LogP contribution is -1.86. The molecular formula is C7H12Cl. The van der Waals surface area contributed by atoms with E-state index in [4.69, 9.17) is 11.6 Å². The van der Waals surface area contributed by atoms with Crippen molar-refractivity contribution in [1.29, 1.82) is 0 Å². The van der Waals surface area contributed by atoms with Gasteiger partial charge in [-0.2, -0.15) is 0 Å². The van der Waals surface area contributed by atoms with Crippen molar-refractivity contribution >= 4 is 11.6 Å². The molecule has 0 aromatic carbocycles. The van der Waals surface area contributed by atoms with Gasteiger partial charge in [0.05, 0.1) is 0 Å². The fraction of sp³-hybridized carbons (Fsp3) is 0.571. The van der Waals surface area contributed by atoms with Gasteiger partial charge in [0.15, 0.2) is 0 Å². The van der Waals surface area contributed by atoms with Crippen LogP contribution in [0, 0.1) is 6.92 Å². The normalized spacial score (nSPS) is 13.0. The molecule has 0 aromatic rings. The molecule has 0 fully saturated rings. The summed E-state index contributed by atoms with van der Waals surface area (Å²) in [5.41, 5.74) is 1.30. The van der Waals surface area contributed by atoms with E-state index in [0.717, 1.165) is 6.42 Å². The Bertz CT molecular complexity index is 78.4. The average molecular weight is 132 g/mol. The molecule has 0 spiro atoms. The zero-order valence-corrected chi connectivity index (χ0v) is 6.20. The molecule has 0 aliphatic rings. The highest BCUT2D eigenvalue weighted by Gasteiger charge is 1.89. The van der Waals surface area contributed by atoms with E-state index in [-0.39, 0.29) is 5.38 Å². The molecule has 0 saturated carbocycles. The lowest BCUT2D eigenvalue weighted by Gasteiger charge is -1.94. The summed E-state index contributed by atoms with van der Waals surface area (Å²) in [6.45, 7) is 7.74. The predicted molar refractivity (Wildman–Crippen MR) is 39.0 cm³/mol. The summed E-state index contributed by atoms with van der Waals surface area (Å²) in [6, 6.07) is 0. The van der Waals surface area contributed by atoms with Crippen LogP contribution in [0.2, 0.25) is 0 Å². The van der Waals surface area contributed by atoms with Gasteiger partial charge in [-0.1, -0.05) is 11.6 Å². The molecule has 0 amide bonds. The van der Waals surface area contributed by atoms with E-state index < -0.39 is 0 Å². The van der Waals surface area contributed by atoms with Gasteiger partial charge in [0, 0.05) is 5.38 Å². The van der Waals surface area contributed by atoms with E-state index in [9.17, 15) is 0 Å². The number of rotatable bonds is 2. The molecule has 0 saturated heterocycles. The Morgan fingerprint density at radius 1 is 1.75 bits per heavy atom. The quantitative estimate of drug-likeness (QED) is 0.399. The molecule has 0 nitrogen and oxygen atoms in total. The van der Waals surface area contributed by atoms with Crippen molar-refractivity contribution in [2.75, 3.05) is 0 Å². The molecule has 0 N–H and O–H groups in total. The summed E-state index contributed by atoms with van der Waals surface area (Å²) in [5.74, 6) is 0. The third-order valence-corrected chi connectivity index (χ3v) is 0.960. The lowest BCUT2D eigenvalue weighted by molar-refractivity contribution is 1.04. The van der Waals surface area contributed by atoms with E-state index in [1.165, 1.54) is 5.57 Å². The largest absolute Gasteiger partial charge is 0.123 e. The van der Waals surface area contributed by atoms with Crippen LogP contribution in [0.4, 0.5) is 0 Å². The second-order valence-corrected chi connectivity index (χ2v) is 2.73. The molecule has 1 atom stereocenters. The Morgan fingerprint density at radius 2 is 2.25 bits per heavy atom. The van der Waals surface area contributed by atoms with Gasteiger partial charge < -0.3 is 0 Å². The van der Waals surface area contributed by atoms with Crippen LogP contribution in [0.1, 0.15) is 20.3 Å². The Hall–Kier alpha value is 0.0300. The molecule has 0 aliphatic heterocycles. The Balaban J connectivity index is 3.29. The first-order valence-corrected chi connectivity index (χ1v) is 3.17. The number of halogens is 1. The predicted octanol–water partition coefficient (Wildman–Crippen LogP) is 2.78. The topological polar surface area (TPSA) is 0 Å². The van der Waals surface area contributed by atoms with Crippen molar-refractivity contribution in [3.05, 3.63) is 18.6 Å². The zero-order valence-electron chi connectivity index (χ0n) is 5.45. The molecule has 0 aliphatic carbocycles. The summed E-state index contributed by atoms with van der Waals surface area (Å²) in [7, 11) is 0. The van der Waals surface area contributed by atoms with Crippen LogP contribution >= 0.6 is 11.6 Å². The van der Waals surface area contributed by atoms with Crippen molar-refractivity contribution < 1.29 is 0 Å². The lowest BCUT2D eigenvalue weighted by atomic mass is 10.2. The van der Waals surface area contributed by atoms with Crippen LogP contribution in [0.3, 0.4) is 0 Å². The average Bonchev–Trinajstić information content (AvgIpc) is 1.61. The van der Waals surface area contributed by atoms with E-state index in [0.29, 0.717) is 0 Å². The molecule has 1 unspecified atom stereocenters. The highest BCUT2D eigenvalue weighted by atomic mass is 35.5. The van der Waals surface area contributed by atoms with E-state index >= 15 is 0 Å². The van der Waals surface area contributed by atoms with Gasteiger partial charge in [0.2, 0.25) is 0 Å². The van der Waals surface area contributed by atoms with Crippen LogP contribution in [0.15, 0.2) is 11.6 Å². The number of hydrogen-bond acceptors (Lipinski definition) is 0. The van der Waals surface area contributed by atoms with E-state index in [2.05, 4.69) is 26.8 Å². The highest BCUT2D eigenvalue weighted by molar-refractivity contribution is 6.21. The maximum atomic E-state index is 5.57. The van der Waals surface area contributed by atoms with Crippen LogP contribution in [0.25, 0.3) is 0 Å². The van der Waals surface area contributed by atoms with Gasteiger partial charge in [-0.05, 0) is 27.2 Å². The maximum absolute atomic E-state index is 5.57. The molecule has 0 aromatic heterocycles. The third kappa shape index (κ3) is 6.03. The summed E-state index contributed by atoms with van der Waals surface area (Å²) >= 11 is 5.57. The molecule has 8 heavy (non-hydrogen) atoms. The van der Waals surface area contributed by atoms with Gasteiger partial charge in [-0.15, -0.1) is 11.6 Å². The summed E-state index contributed by atoms with van der Waals surface area (Å²) in [4.78, 5) is 0. The molecule has 1 heteroatoms. The Labute approximate surface area is 56.5 Å². The monoisotopic (exact) mass is 131 g/mol. The van der Waals surface area contributed by atoms with Gasteiger partial charge >= 0.3 is 0 Å². The zero-order chi connectivity index (χ0) is 6.57. The maximum Gasteiger partial charge on any atom is 0.0371 e. The van der Waals surface area contributed by atoms with Crippen molar-refractivity contribution in [1.82, 2.24) is 0 Å². The fourth-order valence-electron chi connectivity index (χ4n) is 0.364. The van der Waals surface area contributed by atoms with Gasteiger partial charge in [0.1, 0.15) is 0 Å². The summed E-state index contributed by atoms with van der Waals surface area (Å²) < 4.78 is 0. The Kier molecular flexibility index (Phi) is 3.98. The summed E-state index contributed by atoms with van der Waals surface area (Å²) in [6.07, 6.45) is 2.97. The molecule has 47 valence electrons. The minimum absolute atomic E-state index is 0.0323. The van der Waals surface area contributed by atoms with Gasteiger partial charge in [0.25, 0.3) is 0 Å².